The van der Waals surface area contributed by atoms with Gasteiger partial charge >= 0.3 is 0 Å². The number of rotatable bonds is 10. The third-order valence-electron chi connectivity index (χ3n) is 6.32. The molecule has 3 aromatic carbocycles. The van der Waals surface area contributed by atoms with Crippen LogP contribution in [0.1, 0.15) is 43.0 Å². The van der Waals surface area contributed by atoms with E-state index < -0.39 is 34.1 Å². The van der Waals surface area contributed by atoms with Gasteiger partial charge in [0.1, 0.15) is 12.6 Å². The molecule has 0 aliphatic carbocycles. The SMILES string of the molecule is Cc1cccc(CN(C(=O)CN(c2cc(Cl)ccc2C)S(C)(=O)=O)[C@H](Cc2ccccc2)C(=O)NC(C)(C)C)c1. The number of sulfonamides is 1. The van der Waals surface area contributed by atoms with Gasteiger partial charge in [-0.1, -0.05) is 77.8 Å². The fourth-order valence-corrected chi connectivity index (χ4v) is 5.53. The van der Waals surface area contributed by atoms with E-state index in [2.05, 4.69) is 5.32 Å². The van der Waals surface area contributed by atoms with E-state index in [1.165, 1.54) is 11.0 Å². The van der Waals surface area contributed by atoms with Crippen molar-refractivity contribution in [2.45, 2.75) is 59.2 Å². The highest BCUT2D eigenvalue weighted by atomic mass is 35.5. The summed E-state index contributed by atoms with van der Waals surface area (Å²) in [5.74, 6) is -0.821. The van der Waals surface area contributed by atoms with E-state index in [0.717, 1.165) is 27.3 Å². The molecule has 1 atom stereocenters. The van der Waals surface area contributed by atoms with Gasteiger partial charge in [0.05, 0.1) is 11.9 Å². The maximum Gasteiger partial charge on any atom is 0.244 e. The van der Waals surface area contributed by atoms with Gasteiger partial charge in [-0.15, -0.1) is 0 Å². The lowest BCUT2D eigenvalue weighted by molar-refractivity contribution is -0.140. The fourth-order valence-electron chi connectivity index (χ4n) is 4.46. The van der Waals surface area contributed by atoms with Gasteiger partial charge in [-0.25, -0.2) is 8.42 Å². The van der Waals surface area contributed by atoms with Gasteiger partial charge in [0, 0.05) is 23.5 Å². The quantitative estimate of drug-likeness (QED) is 0.352. The second-order valence-corrected chi connectivity index (χ2v) is 13.5. The number of aryl methyl sites for hydroxylation is 2. The molecule has 2 amide bonds. The topological polar surface area (TPSA) is 86.8 Å². The van der Waals surface area contributed by atoms with Crippen molar-refractivity contribution in [2.24, 2.45) is 0 Å². The summed E-state index contributed by atoms with van der Waals surface area (Å²) in [7, 11) is -3.87. The molecule has 40 heavy (non-hydrogen) atoms. The van der Waals surface area contributed by atoms with Crippen LogP contribution >= 0.6 is 11.6 Å². The van der Waals surface area contributed by atoms with Crippen LogP contribution in [0.4, 0.5) is 5.69 Å². The minimum Gasteiger partial charge on any atom is -0.350 e. The molecule has 0 radical (unpaired) electrons. The van der Waals surface area contributed by atoms with Crippen LogP contribution in [0, 0.1) is 13.8 Å². The lowest BCUT2D eigenvalue weighted by Crippen LogP contribution is -2.56. The predicted molar refractivity (Wildman–Crippen MR) is 162 cm³/mol. The summed E-state index contributed by atoms with van der Waals surface area (Å²) in [5, 5.41) is 3.37. The number of anilines is 1. The number of nitrogens with one attached hydrogen (secondary N) is 1. The number of carbonyl (C=O) groups is 2. The van der Waals surface area contributed by atoms with Crippen molar-refractivity contribution in [3.8, 4) is 0 Å². The normalized spacial score (nSPS) is 12.5. The van der Waals surface area contributed by atoms with Crippen molar-refractivity contribution in [1.29, 1.82) is 0 Å². The first kappa shape index (κ1) is 31.2. The first-order valence-electron chi connectivity index (χ1n) is 13.1. The zero-order chi connectivity index (χ0) is 29.7. The highest BCUT2D eigenvalue weighted by molar-refractivity contribution is 7.92. The van der Waals surface area contributed by atoms with Crippen LogP contribution in [0.3, 0.4) is 0 Å². The molecule has 0 fully saturated rings. The second-order valence-electron chi connectivity index (χ2n) is 11.2. The molecule has 9 heteroatoms. The van der Waals surface area contributed by atoms with Crippen LogP contribution in [0.5, 0.6) is 0 Å². The Kier molecular flexibility index (Phi) is 10.0. The van der Waals surface area contributed by atoms with Gasteiger partial charge in [0.25, 0.3) is 0 Å². The molecule has 214 valence electrons. The molecular formula is C31H38ClN3O4S. The standard InChI is InChI=1S/C31H38ClN3O4S/c1-22-11-10-14-25(17-22)20-34(28(30(37)33-31(3,4)5)18-24-12-8-7-9-13-24)29(36)21-35(40(6,38)39)27-19-26(32)16-15-23(27)2/h7-17,19,28H,18,20-21H2,1-6H3,(H,33,37)/t28-/m1/s1. The van der Waals surface area contributed by atoms with Gasteiger partial charge in [-0.3, -0.25) is 13.9 Å². The zero-order valence-electron chi connectivity index (χ0n) is 23.9. The number of halogens is 1. The highest BCUT2D eigenvalue weighted by Gasteiger charge is 2.34. The molecule has 3 aromatic rings. The Morgan fingerprint density at radius 3 is 2.17 bits per heavy atom. The Morgan fingerprint density at radius 2 is 1.57 bits per heavy atom. The van der Waals surface area contributed by atoms with Crippen LogP contribution in [-0.2, 0) is 32.6 Å². The van der Waals surface area contributed by atoms with Crippen LogP contribution in [0.25, 0.3) is 0 Å². The van der Waals surface area contributed by atoms with Gasteiger partial charge in [-0.2, -0.15) is 0 Å². The lowest BCUT2D eigenvalue weighted by Gasteiger charge is -2.35. The number of carbonyl (C=O) groups excluding carboxylic acids is 2. The highest BCUT2D eigenvalue weighted by Crippen LogP contribution is 2.27. The number of amides is 2. The van der Waals surface area contributed by atoms with Gasteiger partial charge in [0.2, 0.25) is 21.8 Å². The van der Waals surface area contributed by atoms with Gasteiger partial charge in [-0.05, 0) is 63.4 Å². The van der Waals surface area contributed by atoms with Crippen molar-refractivity contribution in [3.05, 3.63) is 100 Å². The van der Waals surface area contributed by atoms with E-state index in [4.69, 9.17) is 11.6 Å². The summed E-state index contributed by atoms with van der Waals surface area (Å²) in [6, 6.07) is 21.2. The predicted octanol–water partition coefficient (Wildman–Crippen LogP) is 5.28. The first-order valence-corrected chi connectivity index (χ1v) is 15.3. The average Bonchev–Trinajstić information content (AvgIpc) is 2.85. The van der Waals surface area contributed by atoms with Crippen molar-refractivity contribution in [1.82, 2.24) is 10.2 Å². The Labute approximate surface area is 243 Å². The molecule has 0 aliphatic rings. The molecule has 0 bridgehead atoms. The lowest BCUT2D eigenvalue weighted by atomic mass is 10.0. The molecule has 0 aliphatic heterocycles. The van der Waals surface area contributed by atoms with E-state index in [1.807, 2.05) is 82.3 Å². The van der Waals surface area contributed by atoms with Crippen LogP contribution in [0.2, 0.25) is 5.02 Å². The van der Waals surface area contributed by atoms with Crippen molar-refractivity contribution < 1.29 is 18.0 Å². The second kappa shape index (κ2) is 12.9. The largest absolute Gasteiger partial charge is 0.350 e. The van der Waals surface area contributed by atoms with Crippen molar-refractivity contribution in [3.63, 3.8) is 0 Å². The average molecular weight is 584 g/mol. The van der Waals surface area contributed by atoms with E-state index in [9.17, 15) is 18.0 Å². The monoisotopic (exact) mass is 583 g/mol. The molecular weight excluding hydrogens is 546 g/mol. The Balaban J connectivity index is 2.10. The molecule has 0 spiro atoms. The third-order valence-corrected chi connectivity index (χ3v) is 7.69. The molecule has 0 aromatic heterocycles. The summed E-state index contributed by atoms with van der Waals surface area (Å²) >= 11 is 6.21. The van der Waals surface area contributed by atoms with Crippen LogP contribution < -0.4 is 9.62 Å². The minimum atomic E-state index is -3.87. The van der Waals surface area contributed by atoms with E-state index in [-0.39, 0.29) is 18.9 Å². The minimum absolute atomic E-state index is 0.127. The summed E-state index contributed by atoms with van der Waals surface area (Å²) in [6.45, 7) is 8.99. The summed E-state index contributed by atoms with van der Waals surface area (Å²) in [6.07, 6.45) is 1.31. The maximum absolute atomic E-state index is 14.2. The van der Waals surface area contributed by atoms with E-state index in [0.29, 0.717) is 16.3 Å². The zero-order valence-corrected chi connectivity index (χ0v) is 25.5. The molecule has 0 unspecified atom stereocenters. The molecule has 1 N–H and O–H groups in total. The first-order chi connectivity index (χ1) is 18.6. The summed E-state index contributed by atoms with van der Waals surface area (Å²) < 4.78 is 27.0. The Bertz CT molecular complexity index is 1450. The number of nitrogens with zero attached hydrogens (tertiary/aromatic N) is 2. The Morgan fingerprint density at radius 1 is 0.925 bits per heavy atom. The molecule has 0 heterocycles. The molecule has 7 nitrogen and oxygen atoms in total. The van der Waals surface area contributed by atoms with Crippen LogP contribution in [0.15, 0.2) is 72.8 Å². The van der Waals surface area contributed by atoms with Crippen molar-refractivity contribution >= 4 is 39.1 Å². The molecule has 3 rings (SSSR count). The van der Waals surface area contributed by atoms with Gasteiger partial charge in [0.15, 0.2) is 0 Å². The van der Waals surface area contributed by atoms with Crippen molar-refractivity contribution in [2.75, 3.05) is 17.1 Å². The summed E-state index contributed by atoms with van der Waals surface area (Å²) in [5.41, 5.74) is 3.15. The smallest absolute Gasteiger partial charge is 0.244 e. The molecule has 0 saturated heterocycles. The Hall–Kier alpha value is -3.36. The number of hydrogen-bond donors (Lipinski definition) is 1. The van der Waals surface area contributed by atoms with Crippen LogP contribution in [-0.4, -0.2) is 49.5 Å². The summed E-state index contributed by atoms with van der Waals surface area (Å²) in [4.78, 5) is 29.4. The van der Waals surface area contributed by atoms with E-state index in [1.54, 1.807) is 19.1 Å². The molecule has 0 saturated carbocycles. The third kappa shape index (κ3) is 8.83. The number of benzene rings is 3. The number of hydrogen-bond acceptors (Lipinski definition) is 4. The fraction of sp³-hybridized carbons (Fsp3) is 0.355. The van der Waals surface area contributed by atoms with Gasteiger partial charge < -0.3 is 10.2 Å². The van der Waals surface area contributed by atoms with E-state index >= 15 is 0 Å². The maximum atomic E-state index is 14.2.